The molecule has 1 aliphatic heterocycles. The summed E-state index contributed by atoms with van der Waals surface area (Å²) in [4.78, 5) is 14.7. The molecule has 1 atom stereocenters. The fraction of sp³-hybridized carbons (Fsp3) is 0.375. The van der Waals surface area contributed by atoms with E-state index in [1.165, 1.54) is 0 Å². The van der Waals surface area contributed by atoms with E-state index in [-0.39, 0.29) is 11.9 Å². The van der Waals surface area contributed by atoms with Gasteiger partial charge in [-0.2, -0.15) is 16.9 Å². The topological polar surface area (TPSA) is 38.1 Å². The number of amides is 1. The van der Waals surface area contributed by atoms with Gasteiger partial charge in [0.15, 0.2) is 0 Å². The average Bonchev–Trinajstić information content (AvgIpc) is 2.93. The van der Waals surface area contributed by atoms with E-state index in [4.69, 9.17) is 11.6 Å². The van der Waals surface area contributed by atoms with Crippen molar-refractivity contribution >= 4 is 29.3 Å². The lowest BCUT2D eigenvalue weighted by atomic mass is 10.1. The Bertz CT molecular complexity index is 656. The number of carbonyl (C=O) groups excluding carboxylic acids is 1. The second-order valence-electron chi connectivity index (χ2n) is 5.43. The molecule has 2 heterocycles. The normalized spacial score (nSPS) is 18.5. The van der Waals surface area contributed by atoms with Crippen molar-refractivity contribution in [3.63, 3.8) is 0 Å². The highest BCUT2D eigenvalue weighted by Crippen LogP contribution is 2.30. The van der Waals surface area contributed by atoms with Gasteiger partial charge in [0.2, 0.25) is 5.91 Å². The Morgan fingerprint density at radius 2 is 2.18 bits per heavy atom. The third-order valence-corrected chi connectivity index (χ3v) is 5.09. The van der Waals surface area contributed by atoms with Crippen molar-refractivity contribution in [2.24, 2.45) is 7.05 Å². The molecule has 2 aromatic rings. The number of halogens is 1. The van der Waals surface area contributed by atoms with Crippen LogP contribution in [0.2, 0.25) is 5.02 Å². The summed E-state index contributed by atoms with van der Waals surface area (Å²) in [7, 11) is 1.86. The van der Waals surface area contributed by atoms with Crippen molar-refractivity contribution in [3.05, 3.63) is 52.8 Å². The molecule has 22 heavy (non-hydrogen) atoms. The van der Waals surface area contributed by atoms with Gasteiger partial charge in [0.25, 0.3) is 0 Å². The molecule has 0 N–H and O–H groups in total. The van der Waals surface area contributed by atoms with E-state index in [1.54, 1.807) is 10.9 Å². The Balaban J connectivity index is 1.77. The zero-order valence-electron chi connectivity index (χ0n) is 12.4. The van der Waals surface area contributed by atoms with Crippen LogP contribution in [0.4, 0.5) is 0 Å². The molecule has 0 unspecified atom stereocenters. The Kier molecular flexibility index (Phi) is 4.74. The molecule has 0 aliphatic carbocycles. The summed E-state index contributed by atoms with van der Waals surface area (Å²) < 4.78 is 1.73. The third-order valence-electron chi connectivity index (χ3n) is 3.82. The van der Waals surface area contributed by atoms with Crippen LogP contribution in [-0.4, -0.2) is 38.6 Å². The van der Waals surface area contributed by atoms with E-state index in [9.17, 15) is 4.79 Å². The van der Waals surface area contributed by atoms with Crippen LogP contribution in [-0.2, 0) is 18.3 Å². The van der Waals surface area contributed by atoms with Gasteiger partial charge < -0.3 is 4.90 Å². The zero-order chi connectivity index (χ0) is 15.5. The highest BCUT2D eigenvalue weighted by molar-refractivity contribution is 7.99. The molecular weight excluding hydrogens is 318 g/mol. The van der Waals surface area contributed by atoms with Crippen LogP contribution in [0.15, 0.2) is 36.7 Å². The SMILES string of the molecule is Cn1cc(CC(=O)N2CCSC[C@H]2c2ccc(Cl)cc2)cn1. The molecule has 1 aromatic carbocycles. The summed E-state index contributed by atoms with van der Waals surface area (Å²) in [6.45, 7) is 0.789. The summed E-state index contributed by atoms with van der Waals surface area (Å²) in [6, 6.07) is 7.94. The maximum absolute atomic E-state index is 12.7. The molecule has 1 fully saturated rings. The number of hydrogen-bond donors (Lipinski definition) is 0. The van der Waals surface area contributed by atoms with Crippen LogP contribution in [0.5, 0.6) is 0 Å². The second kappa shape index (κ2) is 6.75. The Hall–Kier alpha value is -1.46. The summed E-state index contributed by atoms with van der Waals surface area (Å²) in [5.41, 5.74) is 2.11. The second-order valence-corrected chi connectivity index (χ2v) is 7.01. The van der Waals surface area contributed by atoms with Gasteiger partial charge in [-0.05, 0) is 23.3 Å². The maximum Gasteiger partial charge on any atom is 0.227 e. The van der Waals surface area contributed by atoms with Crippen molar-refractivity contribution in [3.8, 4) is 0 Å². The van der Waals surface area contributed by atoms with Crippen LogP contribution in [0.1, 0.15) is 17.2 Å². The lowest BCUT2D eigenvalue weighted by molar-refractivity contribution is -0.132. The maximum atomic E-state index is 12.7. The Morgan fingerprint density at radius 1 is 1.41 bits per heavy atom. The number of carbonyl (C=O) groups is 1. The Labute approximate surface area is 139 Å². The van der Waals surface area contributed by atoms with Gasteiger partial charge in [0, 0.05) is 36.3 Å². The highest BCUT2D eigenvalue weighted by Gasteiger charge is 2.28. The molecule has 4 nitrogen and oxygen atoms in total. The first-order chi connectivity index (χ1) is 10.6. The van der Waals surface area contributed by atoms with Gasteiger partial charge in [-0.3, -0.25) is 9.48 Å². The van der Waals surface area contributed by atoms with Crippen molar-refractivity contribution < 1.29 is 4.79 Å². The number of hydrogen-bond acceptors (Lipinski definition) is 3. The van der Waals surface area contributed by atoms with Gasteiger partial charge in [-0.25, -0.2) is 0 Å². The summed E-state index contributed by atoms with van der Waals surface area (Å²) in [5.74, 6) is 2.08. The molecule has 0 radical (unpaired) electrons. The quantitative estimate of drug-likeness (QED) is 0.865. The van der Waals surface area contributed by atoms with Crippen molar-refractivity contribution in [1.82, 2.24) is 14.7 Å². The summed E-state index contributed by atoms with van der Waals surface area (Å²) >= 11 is 7.85. The van der Waals surface area contributed by atoms with E-state index in [0.717, 1.165) is 34.2 Å². The smallest absolute Gasteiger partial charge is 0.227 e. The first-order valence-corrected chi connectivity index (χ1v) is 8.77. The number of aryl methyl sites for hydroxylation is 1. The predicted molar refractivity (Wildman–Crippen MR) is 90.1 cm³/mol. The monoisotopic (exact) mass is 335 g/mol. The van der Waals surface area contributed by atoms with Gasteiger partial charge in [-0.1, -0.05) is 23.7 Å². The van der Waals surface area contributed by atoms with Gasteiger partial charge in [0.05, 0.1) is 18.7 Å². The number of nitrogens with zero attached hydrogens (tertiary/aromatic N) is 3. The van der Waals surface area contributed by atoms with Crippen LogP contribution in [0, 0.1) is 0 Å². The van der Waals surface area contributed by atoms with Gasteiger partial charge in [-0.15, -0.1) is 0 Å². The Morgan fingerprint density at radius 3 is 2.86 bits per heavy atom. The fourth-order valence-corrected chi connectivity index (χ4v) is 3.92. The number of thioether (sulfide) groups is 1. The molecule has 6 heteroatoms. The molecule has 1 aliphatic rings. The van der Waals surface area contributed by atoms with Crippen LogP contribution >= 0.6 is 23.4 Å². The van der Waals surface area contributed by atoms with Crippen molar-refractivity contribution in [2.75, 3.05) is 18.1 Å². The molecule has 0 saturated carbocycles. The van der Waals surface area contributed by atoms with E-state index in [2.05, 4.69) is 5.10 Å². The van der Waals surface area contributed by atoms with Crippen molar-refractivity contribution in [1.29, 1.82) is 0 Å². The molecule has 3 rings (SSSR count). The van der Waals surface area contributed by atoms with E-state index in [1.807, 2.05) is 54.2 Å². The molecule has 116 valence electrons. The molecule has 1 amide bonds. The molecule has 1 saturated heterocycles. The minimum atomic E-state index is 0.125. The van der Waals surface area contributed by atoms with Crippen LogP contribution in [0.3, 0.4) is 0 Å². The van der Waals surface area contributed by atoms with E-state index < -0.39 is 0 Å². The fourth-order valence-electron chi connectivity index (χ4n) is 2.70. The van der Waals surface area contributed by atoms with Crippen LogP contribution < -0.4 is 0 Å². The first-order valence-electron chi connectivity index (χ1n) is 7.23. The minimum Gasteiger partial charge on any atom is -0.334 e. The lowest BCUT2D eigenvalue weighted by Gasteiger charge is -2.36. The largest absolute Gasteiger partial charge is 0.334 e. The number of aromatic nitrogens is 2. The summed E-state index contributed by atoms with van der Waals surface area (Å²) in [6.07, 6.45) is 4.06. The zero-order valence-corrected chi connectivity index (χ0v) is 14.0. The third kappa shape index (κ3) is 3.47. The average molecular weight is 336 g/mol. The molecule has 0 spiro atoms. The number of rotatable bonds is 3. The molecule has 0 bridgehead atoms. The van der Waals surface area contributed by atoms with Gasteiger partial charge >= 0.3 is 0 Å². The lowest BCUT2D eigenvalue weighted by Crippen LogP contribution is -2.41. The minimum absolute atomic E-state index is 0.125. The molecular formula is C16H18ClN3OS. The van der Waals surface area contributed by atoms with E-state index in [0.29, 0.717) is 6.42 Å². The molecule has 1 aromatic heterocycles. The van der Waals surface area contributed by atoms with Crippen LogP contribution in [0.25, 0.3) is 0 Å². The van der Waals surface area contributed by atoms with E-state index >= 15 is 0 Å². The first kappa shape index (κ1) is 15.4. The number of benzene rings is 1. The standard InChI is InChI=1S/C16H18ClN3OS/c1-19-10-12(9-18-19)8-16(21)20-6-7-22-11-15(20)13-2-4-14(17)5-3-13/h2-5,9-10,15H,6-8,11H2,1H3/t15-/m0/s1. The predicted octanol–water partition coefficient (Wildman–Crippen LogP) is 2.93. The van der Waals surface area contributed by atoms with Crippen molar-refractivity contribution in [2.45, 2.75) is 12.5 Å². The van der Waals surface area contributed by atoms with Gasteiger partial charge in [0.1, 0.15) is 0 Å². The summed E-state index contributed by atoms with van der Waals surface area (Å²) in [5, 5.41) is 4.85. The highest BCUT2D eigenvalue weighted by atomic mass is 35.5.